The number of hydrazine groups is 1. The zero-order chi connectivity index (χ0) is 34.8. The molecule has 2 bridgehead atoms. The number of unbranched alkanes of at least 4 members (excludes halogenated alkanes) is 2. The second-order valence-corrected chi connectivity index (χ2v) is 14.2. The maximum Gasteiger partial charge on any atom is 0.410 e. The number of hydrogen-bond donors (Lipinski definition) is 4. The van der Waals surface area contributed by atoms with Crippen molar-refractivity contribution in [3.63, 3.8) is 0 Å². The van der Waals surface area contributed by atoms with Crippen LogP contribution in [-0.2, 0) is 4.74 Å². The number of allylic oxidation sites excluding steroid dienone is 1. The Hall–Kier alpha value is -3.96. The molecule has 0 saturated carbocycles. The number of aromatic hydroxyl groups is 1. The summed E-state index contributed by atoms with van der Waals surface area (Å²) in [5.41, 5.74) is 12.7. The van der Waals surface area contributed by atoms with Gasteiger partial charge >= 0.3 is 6.09 Å². The zero-order valence-electron chi connectivity index (χ0n) is 29.9. The lowest BCUT2D eigenvalue weighted by Gasteiger charge is -2.44. The van der Waals surface area contributed by atoms with Gasteiger partial charge in [-0.05, 0) is 90.8 Å². The SMILES string of the molecule is CCCCCN1CCN(C(=O)OC(C)(C)C)CC1C.Cc1cc(N2C3CCC2CN(C(/C=C(\NN)c2ccccc2O)=C\N)C3)ccn1. The van der Waals surface area contributed by atoms with E-state index in [9.17, 15) is 9.90 Å². The number of carbonyl (C=O) groups is 1. The summed E-state index contributed by atoms with van der Waals surface area (Å²) >= 11 is 0. The summed E-state index contributed by atoms with van der Waals surface area (Å²) in [5, 5.41) is 10.2. The molecule has 3 aliphatic heterocycles. The van der Waals surface area contributed by atoms with Crippen molar-refractivity contribution in [3.05, 3.63) is 71.8 Å². The van der Waals surface area contributed by atoms with Crippen molar-refractivity contribution < 1.29 is 14.6 Å². The third-order valence-electron chi connectivity index (χ3n) is 9.30. The van der Waals surface area contributed by atoms with E-state index in [2.05, 4.69) is 51.1 Å². The first-order valence-electron chi connectivity index (χ1n) is 17.5. The number of hydrogen-bond acceptors (Lipinski definition) is 10. The molecule has 1 amide bonds. The first-order chi connectivity index (χ1) is 22.9. The van der Waals surface area contributed by atoms with E-state index in [0.717, 1.165) is 63.5 Å². The number of phenols is 1. The molecule has 2 aromatic rings. The van der Waals surface area contributed by atoms with Gasteiger partial charge in [0.25, 0.3) is 0 Å². The van der Waals surface area contributed by atoms with E-state index in [4.69, 9.17) is 16.3 Å². The number of nitrogens with two attached hydrogens (primary N) is 2. The molecule has 4 heterocycles. The summed E-state index contributed by atoms with van der Waals surface area (Å²) < 4.78 is 5.43. The number of phenolic OH excluding ortho intramolecular Hbond substituents is 1. The van der Waals surface area contributed by atoms with E-state index in [1.807, 2.05) is 57.0 Å². The molecule has 264 valence electrons. The van der Waals surface area contributed by atoms with Gasteiger partial charge in [0.2, 0.25) is 0 Å². The molecule has 1 aromatic carbocycles. The van der Waals surface area contributed by atoms with E-state index in [1.165, 1.54) is 24.9 Å². The van der Waals surface area contributed by atoms with E-state index >= 15 is 0 Å². The summed E-state index contributed by atoms with van der Waals surface area (Å²) in [6.07, 6.45) is 11.3. The molecule has 3 atom stereocenters. The molecule has 0 radical (unpaired) electrons. The van der Waals surface area contributed by atoms with Gasteiger partial charge in [0.05, 0.1) is 11.4 Å². The van der Waals surface area contributed by atoms with Crippen LogP contribution in [0.4, 0.5) is 10.5 Å². The van der Waals surface area contributed by atoms with Crippen LogP contribution in [0.25, 0.3) is 5.70 Å². The number of ether oxygens (including phenoxy) is 1. The van der Waals surface area contributed by atoms with Crippen LogP contribution in [0.2, 0.25) is 0 Å². The third kappa shape index (κ3) is 9.79. The summed E-state index contributed by atoms with van der Waals surface area (Å²) in [4.78, 5) is 25.5. The molecule has 3 unspecified atom stereocenters. The Morgan fingerprint density at radius 1 is 1.08 bits per heavy atom. The van der Waals surface area contributed by atoms with Crippen LogP contribution in [0.1, 0.15) is 78.0 Å². The van der Waals surface area contributed by atoms with Crippen molar-refractivity contribution in [2.75, 3.05) is 44.2 Å². The Morgan fingerprint density at radius 3 is 2.38 bits per heavy atom. The first-order valence-corrected chi connectivity index (χ1v) is 17.5. The van der Waals surface area contributed by atoms with Gasteiger partial charge in [0.1, 0.15) is 11.4 Å². The average molecular weight is 663 g/mol. The number of aryl methyl sites for hydroxylation is 1. The summed E-state index contributed by atoms with van der Waals surface area (Å²) in [6.45, 7) is 17.6. The molecule has 5 rings (SSSR count). The monoisotopic (exact) mass is 662 g/mol. The van der Waals surface area contributed by atoms with Crippen molar-refractivity contribution in [1.29, 1.82) is 0 Å². The molecule has 3 fully saturated rings. The van der Waals surface area contributed by atoms with Gasteiger partial charge < -0.3 is 35.7 Å². The number of aromatic nitrogens is 1. The summed E-state index contributed by atoms with van der Waals surface area (Å²) in [7, 11) is 0. The van der Waals surface area contributed by atoms with Crippen molar-refractivity contribution in [2.24, 2.45) is 11.6 Å². The van der Waals surface area contributed by atoms with Gasteiger partial charge in [-0.15, -0.1) is 0 Å². The Kier molecular flexibility index (Phi) is 13.0. The van der Waals surface area contributed by atoms with Gasteiger partial charge in [0.15, 0.2) is 0 Å². The number of likely N-dealkylation sites (tertiary alicyclic amines) is 1. The number of carbonyl (C=O) groups excluding carboxylic acids is 1. The second kappa shape index (κ2) is 16.9. The fraction of sp³-hybridized carbons (Fsp3) is 0.568. The van der Waals surface area contributed by atoms with E-state index in [-0.39, 0.29) is 11.8 Å². The Bertz CT molecular complexity index is 1390. The number of rotatable bonds is 9. The fourth-order valence-electron chi connectivity index (χ4n) is 6.90. The molecule has 11 nitrogen and oxygen atoms in total. The fourth-order valence-corrected chi connectivity index (χ4v) is 6.90. The van der Waals surface area contributed by atoms with Crippen LogP contribution in [0, 0.1) is 6.92 Å². The second-order valence-electron chi connectivity index (χ2n) is 14.2. The number of piperazine rings is 2. The first kappa shape index (κ1) is 36.9. The Balaban J connectivity index is 0.000000239. The van der Waals surface area contributed by atoms with Crippen LogP contribution >= 0.6 is 0 Å². The number of pyridine rings is 1. The molecule has 3 saturated heterocycles. The minimum absolute atomic E-state index is 0.172. The third-order valence-corrected chi connectivity index (χ3v) is 9.30. The minimum atomic E-state index is -0.404. The van der Waals surface area contributed by atoms with Crippen molar-refractivity contribution in [2.45, 2.75) is 97.4 Å². The lowest BCUT2D eigenvalue weighted by Crippen LogP contribution is -2.54. The van der Waals surface area contributed by atoms with Crippen LogP contribution in [0.5, 0.6) is 5.75 Å². The number of anilines is 1. The van der Waals surface area contributed by atoms with Gasteiger partial charge in [-0.3, -0.25) is 15.7 Å². The van der Waals surface area contributed by atoms with E-state index in [1.54, 1.807) is 18.3 Å². The summed E-state index contributed by atoms with van der Waals surface area (Å²) in [5.74, 6) is 5.93. The van der Waals surface area contributed by atoms with E-state index < -0.39 is 5.60 Å². The van der Waals surface area contributed by atoms with Gasteiger partial charge in [0, 0.05) is 80.2 Å². The highest BCUT2D eigenvalue weighted by Gasteiger charge is 2.40. The predicted octanol–water partition coefficient (Wildman–Crippen LogP) is 5.17. The molecular formula is C37H58N8O3. The summed E-state index contributed by atoms with van der Waals surface area (Å²) in [6, 6.07) is 12.7. The van der Waals surface area contributed by atoms with Crippen LogP contribution < -0.4 is 21.9 Å². The normalized spacial score (nSPS) is 21.9. The highest BCUT2D eigenvalue weighted by molar-refractivity contribution is 5.70. The maximum absolute atomic E-state index is 12.0. The van der Waals surface area contributed by atoms with Gasteiger partial charge in [-0.2, -0.15) is 0 Å². The zero-order valence-corrected chi connectivity index (χ0v) is 29.9. The molecule has 6 N–H and O–H groups in total. The van der Waals surface area contributed by atoms with Crippen molar-refractivity contribution in [3.8, 4) is 5.75 Å². The standard InChI is InChI=1S/C22H28N6O.C15H30N2O2/c1-15-10-16(8-9-25-15)28-17-6-7-18(28)14-27(13-17)19(12-23)11-21(26-24)20-4-2-3-5-22(20)29;1-6-7-8-9-16-10-11-17(12-13(16)2)14(18)19-15(3,4)5/h2-5,8-12,17-18,26,29H,6-7,13-14,23-24H2,1H3;13H,6-12H2,1-5H3/b19-12-,21-11-;. The largest absolute Gasteiger partial charge is 0.507 e. The molecule has 3 aliphatic rings. The highest BCUT2D eigenvalue weighted by Crippen LogP contribution is 2.36. The number of benzene rings is 1. The molecule has 0 spiro atoms. The van der Waals surface area contributed by atoms with Gasteiger partial charge in [-0.25, -0.2) is 4.79 Å². The minimum Gasteiger partial charge on any atom is -0.507 e. The molecule has 48 heavy (non-hydrogen) atoms. The number of nitrogens with one attached hydrogen (secondary N) is 1. The molecule has 1 aromatic heterocycles. The number of amides is 1. The average Bonchev–Trinajstić information content (AvgIpc) is 3.31. The van der Waals surface area contributed by atoms with E-state index in [0.29, 0.717) is 29.4 Å². The molecular weight excluding hydrogens is 604 g/mol. The number of fused-ring (bicyclic) bond motifs is 2. The number of para-hydroxylation sites is 1. The Labute approximate surface area is 287 Å². The topological polar surface area (TPSA) is 136 Å². The van der Waals surface area contributed by atoms with Gasteiger partial charge in [-0.1, -0.05) is 31.9 Å². The quantitative estimate of drug-likeness (QED) is 0.123. The molecule has 0 aliphatic carbocycles. The van der Waals surface area contributed by atoms with Crippen molar-refractivity contribution in [1.82, 2.24) is 25.1 Å². The lowest BCUT2D eigenvalue weighted by molar-refractivity contribution is 0.00562. The Morgan fingerprint density at radius 2 is 1.79 bits per heavy atom. The predicted molar refractivity (Wildman–Crippen MR) is 194 cm³/mol. The molecule has 11 heteroatoms. The number of nitrogens with zero attached hydrogens (tertiary/aromatic N) is 5. The highest BCUT2D eigenvalue weighted by atomic mass is 16.6. The maximum atomic E-state index is 12.0. The lowest BCUT2D eigenvalue weighted by atomic mass is 10.1. The van der Waals surface area contributed by atoms with Crippen LogP contribution in [0.15, 0.2) is 60.6 Å². The van der Waals surface area contributed by atoms with Crippen LogP contribution in [0.3, 0.4) is 0 Å². The smallest absolute Gasteiger partial charge is 0.410 e. The van der Waals surface area contributed by atoms with Crippen molar-refractivity contribution >= 4 is 17.5 Å². The van der Waals surface area contributed by atoms with Crippen LogP contribution in [-0.4, -0.2) is 93.9 Å².